The van der Waals surface area contributed by atoms with E-state index in [9.17, 15) is 9.18 Å². The van der Waals surface area contributed by atoms with Crippen molar-refractivity contribution < 1.29 is 13.9 Å². The van der Waals surface area contributed by atoms with Crippen LogP contribution in [0, 0.1) is 12.7 Å². The van der Waals surface area contributed by atoms with Gasteiger partial charge >= 0.3 is 0 Å². The van der Waals surface area contributed by atoms with Crippen LogP contribution >= 0.6 is 0 Å². The summed E-state index contributed by atoms with van der Waals surface area (Å²) in [7, 11) is 1.66. The molecular formula is C27H29FN2O2. The van der Waals surface area contributed by atoms with Crippen LogP contribution in [0.2, 0.25) is 0 Å². The molecule has 166 valence electrons. The van der Waals surface area contributed by atoms with Gasteiger partial charge in [0.05, 0.1) is 6.61 Å². The van der Waals surface area contributed by atoms with E-state index in [2.05, 4.69) is 6.07 Å². The molecule has 1 atom stereocenters. The Labute approximate surface area is 189 Å². The van der Waals surface area contributed by atoms with Crippen molar-refractivity contribution in [2.45, 2.75) is 38.7 Å². The minimum absolute atomic E-state index is 0.0536. The van der Waals surface area contributed by atoms with Crippen molar-refractivity contribution in [3.8, 4) is 0 Å². The summed E-state index contributed by atoms with van der Waals surface area (Å²) in [6, 6.07) is 18.6. The monoisotopic (exact) mass is 432 g/mol. The summed E-state index contributed by atoms with van der Waals surface area (Å²) in [5.74, 6) is 0.0482. The average molecular weight is 433 g/mol. The van der Waals surface area contributed by atoms with Crippen LogP contribution < -0.4 is 0 Å². The van der Waals surface area contributed by atoms with Crippen molar-refractivity contribution in [3.63, 3.8) is 0 Å². The molecule has 4 nitrogen and oxygen atoms in total. The molecule has 5 heteroatoms. The molecule has 0 N–H and O–H groups in total. The van der Waals surface area contributed by atoms with Crippen LogP contribution in [0.4, 0.5) is 4.39 Å². The number of halogens is 1. The number of hydrogen-bond acceptors (Lipinski definition) is 3. The molecule has 2 heterocycles. The molecule has 1 fully saturated rings. The van der Waals surface area contributed by atoms with Crippen LogP contribution in [0.25, 0.3) is 0 Å². The van der Waals surface area contributed by atoms with E-state index in [1.54, 1.807) is 13.2 Å². The van der Waals surface area contributed by atoms with Crippen molar-refractivity contribution in [3.05, 3.63) is 100 Å². The standard InChI is InChI=1S/C27H29FN2O2/c1-19-14-21(15-23-6-3-4-8-25(23)28)16-26(29-19)24-7-5-13-30(17-24)27(31)22-11-9-20(10-12-22)18-32-2/h3-4,6,8-12,14,16,24H,5,7,13,15,17-18H2,1-2H3/t24-/m1/s1. The second-order valence-electron chi connectivity index (χ2n) is 8.53. The van der Waals surface area contributed by atoms with Gasteiger partial charge in [-0.3, -0.25) is 9.78 Å². The number of aryl methyl sites for hydroxylation is 1. The molecule has 0 unspecified atom stereocenters. The predicted molar refractivity (Wildman–Crippen MR) is 123 cm³/mol. The maximum absolute atomic E-state index is 14.1. The molecule has 1 saturated heterocycles. The smallest absolute Gasteiger partial charge is 0.253 e. The summed E-state index contributed by atoms with van der Waals surface area (Å²) in [5, 5.41) is 0. The molecule has 1 aliphatic rings. The largest absolute Gasteiger partial charge is 0.380 e. The maximum atomic E-state index is 14.1. The number of benzene rings is 2. The molecule has 3 aromatic rings. The molecule has 0 spiro atoms. The quantitative estimate of drug-likeness (QED) is 0.532. The summed E-state index contributed by atoms with van der Waals surface area (Å²) in [5.41, 5.74) is 5.39. The highest BCUT2D eigenvalue weighted by Gasteiger charge is 2.26. The number of likely N-dealkylation sites (tertiary alicyclic amines) is 1. The van der Waals surface area contributed by atoms with Gasteiger partial charge in [0.25, 0.3) is 5.91 Å². The topological polar surface area (TPSA) is 42.4 Å². The molecule has 0 aliphatic carbocycles. The number of pyridine rings is 1. The van der Waals surface area contributed by atoms with Gasteiger partial charge in [-0.2, -0.15) is 0 Å². The predicted octanol–water partition coefficient (Wildman–Crippen LogP) is 5.29. The zero-order valence-corrected chi connectivity index (χ0v) is 18.7. The first kappa shape index (κ1) is 22.2. The summed E-state index contributed by atoms with van der Waals surface area (Å²) >= 11 is 0. The van der Waals surface area contributed by atoms with Crippen LogP contribution in [-0.2, 0) is 17.8 Å². The number of aromatic nitrogens is 1. The maximum Gasteiger partial charge on any atom is 0.253 e. The van der Waals surface area contributed by atoms with Gasteiger partial charge in [0, 0.05) is 49.5 Å². The van der Waals surface area contributed by atoms with Crippen molar-refractivity contribution in [1.29, 1.82) is 0 Å². The van der Waals surface area contributed by atoms with Gasteiger partial charge < -0.3 is 9.64 Å². The highest BCUT2D eigenvalue weighted by molar-refractivity contribution is 5.94. The lowest BCUT2D eigenvalue weighted by Gasteiger charge is -2.33. The van der Waals surface area contributed by atoms with Gasteiger partial charge in [0.1, 0.15) is 5.82 Å². The SMILES string of the molecule is COCc1ccc(C(=O)N2CCC[C@@H](c3cc(Cc4ccccc4F)cc(C)n3)C2)cc1. The van der Waals surface area contributed by atoms with Gasteiger partial charge in [-0.25, -0.2) is 4.39 Å². The van der Waals surface area contributed by atoms with E-state index in [0.717, 1.165) is 41.9 Å². The molecule has 1 aromatic heterocycles. The Kier molecular flexibility index (Phi) is 6.96. The Hall–Kier alpha value is -3.05. The fourth-order valence-corrected chi connectivity index (χ4v) is 4.44. The van der Waals surface area contributed by atoms with Crippen molar-refractivity contribution >= 4 is 5.91 Å². The Morgan fingerprint density at radius 2 is 1.91 bits per heavy atom. The van der Waals surface area contributed by atoms with Gasteiger partial charge in [0.15, 0.2) is 0 Å². The van der Waals surface area contributed by atoms with Crippen molar-refractivity contribution in [2.24, 2.45) is 0 Å². The number of carbonyl (C=O) groups excluding carboxylic acids is 1. The average Bonchev–Trinajstić information content (AvgIpc) is 2.81. The molecule has 1 amide bonds. The van der Waals surface area contributed by atoms with Gasteiger partial charge in [-0.15, -0.1) is 0 Å². The first-order chi connectivity index (χ1) is 15.5. The van der Waals surface area contributed by atoms with Crippen LogP contribution in [-0.4, -0.2) is 36.0 Å². The van der Waals surface area contributed by atoms with Gasteiger partial charge in [0.2, 0.25) is 0 Å². The summed E-state index contributed by atoms with van der Waals surface area (Å²) in [6.07, 6.45) is 2.47. The highest BCUT2D eigenvalue weighted by Crippen LogP contribution is 2.28. The second kappa shape index (κ2) is 10.0. The molecule has 2 aromatic carbocycles. The minimum atomic E-state index is -0.186. The fraction of sp³-hybridized carbons (Fsp3) is 0.333. The second-order valence-corrected chi connectivity index (χ2v) is 8.53. The molecule has 0 bridgehead atoms. The van der Waals surface area contributed by atoms with E-state index >= 15 is 0 Å². The Morgan fingerprint density at radius 3 is 2.66 bits per heavy atom. The number of nitrogens with zero attached hydrogens (tertiary/aromatic N) is 2. The summed E-state index contributed by atoms with van der Waals surface area (Å²) < 4.78 is 19.3. The third-order valence-electron chi connectivity index (χ3n) is 6.02. The zero-order chi connectivity index (χ0) is 22.5. The number of piperidine rings is 1. The third kappa shape index (κ3) is 5.22. The molecule has 32 heavy (non-hydrogen) atoms. The first-order valence-electron chi connectivity index (χ1n) is 11.1. The van der Waals surface area contributed by atoms with Crippen LogP contribution in [0.1, 0.15) is 57.2 Å². The highest BCUT2D eigenvalue weighted by atomic mass is 19.1. The molecule has 0 saturated carbocycles. The van der Waals surface area contributed by atoms with E-state index < -0.39 is 0 Å². The first-order valence-corrected chi connectivity index (χ1v) is 11.1. The number of amides is 1. The zero-order valence-electron chi connectivity index (χ0n) is 18.7. The Balaban J connectivity index is 1.49. The minimum Gasteiger partial charge on any atom is -0.380 e. The molecule has 4 rings (SSSR count). The van der Waals surface area contributed by atoms with Crippen LogP contribution in [0.15, 0.2) is 60.7 Å². The van der Waals surface area contributed by atoms with E-state index in [0.29, 0.717) is 30.7 Å². The Morgan fingerprint density at radius 1 is 1.12 bits per heavy atom. The number of rotatable bonds is 6. The molecule has 0 radical (unpaired) electrons. The Bertz CT molecular complexity index is 1080. The normalized spacial score (nSPS) is 16.2. The number of methoxy groups -OCH3 is 1. The van der Waals surface area contributed by atoms with E-state index in [-0.39, 0.29) is 17.6 Å². The lowest BCUT2D eigenvalue weighted by molar-refractivity contribution is 0.0706. The molecular weight excluding hydrogens is 403 g/mol. The summed E-state index contributed by atoms with van der Waals surface area (Å²) in [4.78, 5) is 19.8. The van der Waals surface area contributed by atoms with E-state index in [1.807, 2.05) is 54.3 Å². The van der Waals surface area contributed by atoms with Crippen molar-refractivity contribution in [2.75, 3.05) is 20.2 Å². The summed E-state index contributed by atoms with van der Waals surface area (Å²) in [6.45, 7) is 3.91. The number of hydrogen-bond donors (Lipinski definition) is 0. The van der Waals surface area contributed by atoms with Crippen molar-refractivity contribution in [1.82, 2.24) is 9.88 Å². The van der Waals surface area contributed by atoms with Gasteiger partial charge in [-0.05, 0) is 66.8 Å². The lowest BCUT2D eigenvalue weighted by atomic mass is 9.92. The van der Waals surface area contributed by atoms with Crippen LogP contribution in [0.5, 0.6) is 0 Å². The van der Waals surface area contributed by atoms with E-state index in [4.69, 9.17) is 9.72 Å². The van der Waals surface area contributed by atoms with Crippen LogP contribution in [0.3, 0.4) is 0 Å². The number of ether oxygens (including phenoxy) is 1. The fourth-order valence-electron chi connectivity index (χ4n) is 4.44. The molecule has 1 aliphatic heterocycles. The van der Waals surface area contributed by atoms with Gasteiger partial charge in [-0.1, -0.05) is 30.3 Å². The number of carbonyl (C=O) groups is 1. The van der Waals surface area contributed by atoms with E-state index in [1.165, 1.54) is 6.07 Å². The third-order valence-corrected chi connectivity index (χ3v) is 6.02. The lowest BCUT2D eigenvalue weighted by Crippen LogP contribution is -2.39.